The van der Waals surface area contributed by atoms with E-state index in [-0.39, 0.29) is 11.7 Å². The minimum absolute atomic E-state index is 0.0548. The van der Waals surface area contributed by atoms with Gasteiger partial charge >= 0.3 is 0 Å². The third-order valence-corrected chi connectivity index (χ3v) is 4.74. The summed E-state index contributed by atoms with van der Waals surface area (Å²) in [5.74, 6) is 0.157. The number of carbonyl (C=O) groups is 1. The predicted octanol–water partition coefficient (Wildman–Crippen LogP) is 4.07. The topological polar surface area (TPSA) is 51.2 Å². The lowest BCUT2D eigenvalue weighted by atomic mass is 9.68. The van der Waals surface area contributed by atoms with E-state index in [4.69, 9.17) is 4.74 Å². The Labute approximate surface area is 141 Å². The van der Waals surface area contributed by atoms with Crippen molar-refractivity contribution in [3.63, 3.8) is 0 Å². The smallest absolute Gasteiger partial charge is 0.235 e. The second kappa shape index (κ2) is 6.99. The minimum Gasteiger partial charge on any atom is -0.481 e. The first-order chi connectivity index (χ1) is 11.6. The van der Waals surface area contributed by atoms with Gasteiger partial charge in [-0.15, -0.1) is 0 Å². The molecule has 0 unspecified atom stereocenters. The number of pyridine rings is 1. The van der Waals surface area contributed by atoms with Gasteiger partial charge in [0.15, 0.2) is 0 Å². The van der Waals surface area contributed by atoms with Crippen molar-refractivity contribution < 1.29 is 13.9 Å². The van der Waals surface area contributed by atoms with E-state index in [2.05, 4.69) is 10.3 Å². The molecular formula is C19H21FN2O2. The van der Waals surface area contributed by atoms with Crippen LogP contribution in [0.2, 0.25) is 0 Å². The number of ether oxygens (including phenoxy) is 1. The molecule has 0 saturated heterocycles. The van der Waals surface area contributed by atoms with Crippen molar-refractivity contribution in [2.45, 2.75) is 37.5 Å². The van der Waals surface area contributed by atoms with Crippen LogP contribution in [0, 0.1) is 5.82 Å². The van der Waals surface area contributed by atoms with Crippen LogP contribution in [0.4, 0.5) is 10.1 Å². The maximum absolute atomic E-state index is 13.3. The number of hydrogen-bond acceptors (Lipinski definition) is 3. The first kappa shape index (κ1) is 16.4. The molecule has 0 spiro atoms. The van der Waals surface area contributed by atoms with E-state index < -0.39 is 5.41 Å². The molecule has 0 aliphatic heterocycles. The summed E-state index contributed by atoms with van der Waals surface area (Å²) in [6.07, 6.45) is 6.23. The predicted molar refractivity (Wildman–Crippen MR) is 90.6 cm³/mol. The average molecular weight is 328 g/mol. The molecule has 1 heterocycles. The summed E-state index contributed by atoms with van der Waals surface area (Å²) in [6.45, 7) is 0. The van der Waals surface area contributed by atoms with Crippen molar-refractivity contribution in [2.75, 3.05) is 12.4 Å². The highest BCUT2D eigenvalue weighted by atomic mass is 19.1. The van der Waals surface area contributed by atoms with Crippen molar-refractivity contribution in [1.82, 2.24) is 4.98 Å². The lowest BCUT2D eigenvalue weighted by Gasteiger charge is -2.36. The van der Waals surface area contributed by atoms with Crippen molar-refractivity contribution in [3.8, 4) is 5.88 Å². The van der Waals surface area contributed by atoms with Gasteiger partial charge in [0.05, 0.1) is 24.4 Å². The molecule has 0 atom stereocenters. The first-order valence-electron chi connectivity index (χ1n) is 8.22. The lowest BCUT2D eigenvalue weighted by molar-refractivity contribution is -0.122. The molecular weight excluding hydrogens is 307 g/mol. The fourth-order valence-electron chi connectivity index (χ4n) is 3.40. The highest BCUT2D eigenvalue weighted by Crippen LogP contribution is 2.40. The van der Waals surface area contributed by atoms with Gasteiger partial charge in [0.2, 0.25) is 11.8 Å². The SMILES string of the molecule is COc1ccc(NC(=O)C2(c3ccc(F)cc3)CCCCC2)cn1. The zero-order chi connectivity index (χ0) is 17.0. The lowest BCUT2D eigenvalue weighted by Crippen LogP contribution is -2.42. The van der Waals surface area contributed by atoms with E-state index in [9.17, 15) is 9.18 Å². The number of halogens is 1. The van der Waals surface area contributed by atoms with Crippen molar-refractivity contribution in [2.24, 2.45) is 0 Å². The summed E-state index contributed by atoms with van der Waals surface area (Å²) in [7, 11) is 1.55. The number of benzene rings is 1. The molecule has 24 heavy (non-hydrogen) atoms. The van der Waals surface area contributed by atoms with E-state index in [1.807, 2.05) is 0 Å². The molecule has 1 N–H and O–H groups in total. The molecule has 3 rings (SSSR count). The number of methoxy groups -OCH3 is 1. The number of anilines is 1. The summed E-state index contributed by atoms with van der Waals surface area (Å²) in [5.41, 5.74) is 0.904. The number of carbonyl (C=O) groups excluding carboxylic acids is 1. The van der Waals surface area contributed by atoms with E-state index in [0.29, 0.717) is 11.6 Å². The van der Waals surface area contributed by atoms with E-state index in [1.54, 1.807) is 37.6 Å². The van der Waals surface area contributed by atoms with Crippen LogP contribution in [0.25, 0.3) is 0 Å². The van der Waals surface area contributed by atoms with Crippen LogP contribution in [-0.4, -0.2) is 18.0 Å². The quantitative estimate of drug-likeness (QED) is 0.920. The summed E-state index contributed by atoms with van der Waals surface area (Å²) in [5, 5.41) is 2.97. The Morgan fingerprint density at radius 2 is 1.83 bits per heavy atom. The molecule has 1 aliphatic carbocycles. The molecule has 0 radical (unpaired) electrons. The summed E-state index contributed by atoms with van der Waals surface area (Å²) >= 11 is 0. The third-order valence-electron chi connectivity index (χ3n) is 4.74. The molecule has 1 aromatic heterocycles. The van der Waals surface area contributed by atoms with Crippen LogP contribution in [-0.2, 0) is 10.2 Å². The summed E-state index contributed by atoms with van der Waals surface area (Å²) < 4.78 is 18.3. The molecule has 0 bridgehead atoms. The van der Waals surface area contributed by atoms with Crippen molar-refractivity contribution >= 4 is 11.6 Å². The maximum Gasteiger partial charge on any atom is 0.235 e. The van der Waals surface area contributed by atoms with Crippen LogP contribution in [0.5, 0.6) is 5.88 Å². The van der Waals surface area contributed by atoms with Gasteiger partial charge in [0.25, 0.3) is 0 Å². The molecule has 126 valence electrons. The summed E-state index contributed by atoms with van der Waals surface area (Å²) in [6, 6.07) is 9.78. The fourth-order valence-corrected chi connectivity index (χ4v) is 3.40. The standard InChI is InChI=1S/C19H21FN2O2/c1-24-17-10-9-16(13-21-17)22-18(23)19(11-3-2-4-12-19)14-5-7-15(20)8-6-14/h5-10,13H,2-4,11-12H2,1H3,(H,22,23). The molecule has 4 nitrogen and oxygen atoms in total. The van der Waals surface area contributed by atoms with Gasteiger partial charge < -0.3 is 10.1 Å². The Morgan fingerprint density at radius 3 is 2.42 bits per heavy atom. The van der Waals surface area contributed by atoms with E-state index in [1.165, 1.54) is 12.1 Å². The Bertz CT molecular complexity index is 692. The largest absolute Gasteiger partial charge is 0.481 e. The minimum atomic E-state index is -0.605. The van der Waals surface area contributed by atoms with Gasteiger partial charge in [-0.3, -0.25) is 4.79 Å². The molecule has 1 aromatic carbocycles. The number of nitrogens with zero attached hydrogens (tertiary/aromatic N) is 1. The Balaban J connectivity index is 1.87. The van der Waals surface area contributed by atoms with Crippen LogP contribution in [0.3, 0.4) is 0 Å². The molecule has 1 saturated carbocycles. The first-order valence-corrected chi connectivity index (χ1v) is 8.22. The number of hydrogen-bond donors (Lipinski definition) is 1. The number of nitrogens with one attached hydrogen (secondary N) is 1. The fraction of sp³-hybridized carbons (Fsp3) is 0.368. The zero-order valence-electron chi connectivity index (χ0n) is 13.7. The van der Waals surface area contributed by atoms with Crippen LogP contribution in [0.15, 0.2) is 42.6 Å². The highest BCUT2D eigenvalue weighted by Gasteiger charge is 2.41. The highest BCUT2D eigenvalue weighted by molar-refractivity contribution is 5.99. The van der Waals surface area contributed by atoms with Gasteiger partial charge in [-0.25, -0.2) is 9.37 Å². The molecule has 2 aromatic rings. The van der Waals surface area contributed by atoms with Gasteiger partial charge in [0.1, 0.15) is 5.82 Å². The second-order valence-electron chi connectivity index (χ2n) is 6.19. The monoisotopic (exact) mass is 328 g/mol. The van der Waals surface area contributed by atoms with Gasteiger partial charge in [-0.2, -0.15) is 0 Å². The third kappa shape index (κ3) is 3.25. The Kier molecular flexibility index (Phi) is 4.79. The van der Waals surface area contributed by atoms with Gasteiger partial charge in [-0.05, 0) is 36.6 Å². The molecule has 1 amide bonds. The zero-order valence-corrected chi connectivity index (χ0v) is 13.7. The van der Waals surface area contributed by atoms with Crippen LogP contribution < -0.4 is 10.1 Å². The Hall–Kier alpha value is -2.43. The maximum atomic E-state index is 13.3. The van der Waals surface area contributed by atoms with Gasteiger partial charge in [0, 0.05) is 6.07 Å². The normalized spacial score (nSPS) is 16.4. The van der Waals surface area contributed by atoms with Crippen molar-refractivity contribution in [3.05, 3.63) is 54.0 Å². The van der Waals surface area contributed by atoms with Crippen LogP contribution in [0.1, 0.15) is 37.7 Å². The number of aromatic nitrogens is 1. The molecule has 5 heteroatoms. The van der Waals surface area contributed by atoms with Crippen molar-refractivity contribution in [1.29, 1.82) is 0 Å². The average Bonchev–Trinajstić information content (AvgIpc) is 2.63. The van der Waals surface area contributed by atoms with Crippen LogP contribution >= 0.6 is 0 Å². The molecule has 1 aliphatic rings. The number of amides is 1. The second-order valence-corrected chi connectivity index (χ2v) is 6.19. The molecule has 1 fully saturated rings. The Morgan fingerprint density at radius 1 is 1.12 bits per heavy atom. The summed E-state index contributed by atoms with van der Waals surface area (Å²) in [4.78, 5) is 17.2. The van der Waals surface area contributed by atoms with E-state index in [0.717, 1.165) is 37.7 Å². The number of rotatable bonds is 4. The van der Waals surface area contributed by atoms with Gasteiger partial charge in [-0.1, -0.05) is 31.4 Å². The van der Waals surface area contributed by atoms with E-state index >= 15 is 0 Å².